The lowest BCUT2D eigenvalue weighted by molar-refractivity contribution is -0.123. The number of ketones is 1. The smallest absolute Gasteiger partial charge is 0.341 e. The number of carbonyl (C=O) groups is 2. The van der Waals surface area contributed by atoms with E-state index in [1.54, 1.807) is 4.90 Å². The first kappa shape index (κ1) is 23.7. The number of nitrogens with zero attached hydrogens (tertiary/aromatic N) is 7. The van der Waals surface area contributed by atoms with Crippen LogP contribution in [0.1, 0.15) is 35.1 Å². The number of fused-ring (bicyclic) bond motifs is 1. The molecule has 0 amide bonds. The topological polar surface area (TPSA) is 136 Å². The van der Waals surface area contributed by atoms with E-state index in [0.29, 0.717) is 0 Å². The first-order valence-electron chi connectivity index (χ1n) is 11.3. The second-order valence-corrected chi connectivity index (χ2v) is 9.44. The normalized spacial score (nSPS) is 13.8. The molecule has 186 valence electrons. The molecule has 1 aliphatic heterocycles. The number of rotatable bonds is 8. The van der Waals surface area contributed by atoms with Crippen LogP contribution in [0.2, 0.25) is 0 Å². The molecule has 1 saturated heterocycles. The van der Waals surface area contributed by atoms with E-state index in [-0.39, 0.29) is 53.2 Å². The van der Waals surface area contributed by atoms with E-state index in [1.165, 1.54) is 10.9 Å². The number of halogens is 1. The number of aromatic carboxylic acids is 1. The maximum Gasteiger partial charge on any atom is 0.341 e. The van der Waals surface area contributed by atoms with Crippen molar-refractivity contribution in [1.82, 2.24) is 28.7 Å². The van der Waals surface area contributed by atoms with Gasteiger partial charge in [0.15, 0.2) is 17.3 Å². The summed E-state index contributed by atoms with van der Waals surface area (Å²) in [4.78, 5) is 47.1. The van der Waals surface area contributed by atoms with Gasteiger partial charge in [-0.15, -0.1) is 0 Å². The molecule has 11 nitrogen and oxygen atoms in total. The lowest BCUT2D eigenvalue weighted by Crippen LogP contribution is -2.51. The molecule has 4 aromatic heterocycles. The molecule has 36 heavy (non-hydrogen) atoms. The summed E-state index contributed by atoms with van der Waals surface area (Å²) >= 11 is 0.973. The Morgan fingerprint density at radius 1 is 1.28 bits per heavy atom. The highest BCUT2D eigenvalue weighted by Crippen LogP contribution is 2.29. The summed E-state index contributed by atoms with van der Waals surface area (Å²) in [5.74, 6) is -2.51. The molecule has 5 heterocycles. The Balaban J connectivity index is 1.41. The van der Waals surface area contributed by atoms with Crippen molar-refractivity contribution in [1.29, 1.82) is 0 Å². The van der Waals surface area contributed by atoms with Crippen LogP contribution in [0.5, 0.6) is 0 Å². The van der Waals surface area contributed by atoms with Gasteiger partial charge in [-0.3, -0.25) is 18.8 Å². The largest absolute Gasteiger partial charge is 0.477 e. The molecule has 13 heteroatoms. The predicted octanol–water partition coefficient (Wildman–Crippen LogP) is 2.24. The highest BCUT2D eigenvalue weighted by atomic mass is 32.1. The van der Waals surface area contributed by atoms with Crippen LogP contribution in [0.15, 0.2) is 29.5 Å². The minimum absolute atomic E-state index is 0.0182. The molecule has 1 aliphatic rings. The number of carboxylic acid groups (broad SMARTS) is 1. The van der Waals surface area contributed by atoms with Crippen LogP contribution in [-0.2, 0) is 17.8 Å². The molecule has 0 unspecified atom stereocenters. The number of pyridine rings is 2. The van der Waals surface area contributed by atoms with Gasteiger partial charge in [0.2, 0.25) is 10.6 Å². The highest BCUT2D eigenvalue weighted by molar-refractivity contribution is 7.08. The third-order valence-corrected chi connectivity index (χ3v) is 6.82. The van der Waals surface area contributed by atoms with Crippen molar-refractivity contribution in [2.75, 3.05) is 18.0 Å². The monoisotopic (exact) mass is 511 g/mol. The van der Waals surface area contributed by atoms with Gasteiger partial charge in [0, 0.05) is 43.1 Å². The van der Waals surface area contributed by atoms with Gasteiger partial charge < -0.3 is 10.0 Å². The number of anilines is 1. The highest BCUT2D eigenvalue weighted by Gasteiger charge is 2.35. The van der Waals surface area contributed by atoms with Crippen LogP contribution in [0.25, 0.3) is 16.2 Å². The van der Waals surface area contributed by atoms with Crippen LogP contribution in [0.4, 0.5) is 10.2 Å². The van der Waals surface area contributed by atoms with Gasteiger partial charge in [-0.2, -0.15) is 9.47 Å². The fourth-order valence-electron chi connectivity index (χ4n) is 4.29. The van der Waals surface area contributed by atoms with Crippen LogP contribution in [-0.4, -0.2) is 58.6 Å². The molecule has 1 fully saturated rings. The molecule has 0 atom stereocenters. The van der Waals surface area contributed by atoms with Gasteiger partial charge in [0.25, 0.3) is 0 Å². The summed E-state index contributed by atoms with van der Waals surface area (Å²) in [7, 11) is 0. The van der Waals surface area contributed by atoms with Gasteiger partial charge in [-0.05, 0) is 25.5 Å². The van der Waals surface area contributed by atoms with Gasteiger partial charge in [-0.25, -0.2) is 19.2 Å². The molecule has 0 spiro atoms. The van der Waals surface area contributed by atoms with E-state index in [2.05, 4.69) is 26.4 Å². The molecule has 1 N–H and O–H groups in total. The minimum Gasteiger partial charge on any atom is -0.477 e. The number of aromatic nitrogens is 6. The maximum atomic E-state index is 15.0. The summed E-state index contributed by atoms with van der Waals surface area (Å²) in [6.07, 6.45) is 3.55. The average Bonchev–Trinajstić information content (AvgIpc) is 3.44. The van der Waals surface area contributed by atoms with E-state index in [1.807, 2.05) is 17.7 Å². The molecule has 0 aromatic carbocycles. The van der Waals surface area contributed by atoms with Gasteiger partial charge in [0.1, 0.15) is 17.7 Å². The molecule has 0 aliphatic carbocycles. The third kappa shape index (κ3) is 4.15. The van der Waals surface area contributed by atoms with Crippen LogP contribution in [0.3, 0.4) is 0 Å². The number of hydrogen-bond acceptors (Lipinski definition) is 9. The Kier molecular flexibility index (Phi) is 6.08. The quantitative estimate of drug-likeness (QED) is 0.378. The summed E-state index contributed by atoms with van der Waals surface area (Å²) in [5.41, 5.74) is 0.410. The van der Waals surface area contributed by atoms with Gasteiger partial charge >= 0.3 is 5.97 Å². The number of aryl methyl sites for hydroxylation is 2. The standard InChI is InChI=1S/C23H22FN7O4S/c1-3-4-31-12(2)5-14(28-31)6-18(32)13-8-29(9-13)21-17(24)7-15-19(33)16(22(34)35)10-30(20(15)27-21)23-25-11-26-36-23/h5,7,10-11,13H,3-4,6,8-9H2,1-2H3,(H,34,35). The lowest BCUT2D eigenvalue weighted by atomic mass is 9.92. The first-order chi connectivity index (χ1) is 17.3. The number of Topliss-reactive ketones (excluding diaryl/α,β-unsaturated/α-hetero) is 1. The Morgan fingerprint density at radius 3 is 2.72 bits per heavy atom. The van der Waals surface area contributed by atoms with Gasteiger partial charge in [0.05, 0.1) is 23.4 Å². The van der Waals surface area contributed by atoms with Crippen molar-refractivity contribution in [2.24, 2.45) is 5.92 Å². The van der Waals surface area contributed by atoms with E-state index >= 15 is 4.39 Å². The van der Waals surface area contributed by atoms with E-state index in [9.17, 15) is 19.5 Å². The third-order valence-electron chi connectivity index (χ3n) is 6.16. The number of carboxylic acids is 1. The molecular formula is C23H22FN7O4S. The van der Waals surface area contributed by atoms with Crippen molar-refractivity contribution in [3.05, 3.63) is 57.6 Å². The molecule has 5 rings (SSSR count). The van der Waals surface area contributed by atoms with Crippen LogP contribution < -0.4 is 10.3 Å². The summed E-state index contributed by atoms with van der Waals surface area (Å²) in [5, 5.41) is 14.0. The fourth-order valence-corrected chi connectivity index (χ4v) is 4.80. The number of hydrogen-bond donors (Lipinski definition) is 1. The molecule has 0 saturated carbocycles. The van der Waals surface area contributed by atoms with Crippen LogP contribution in [0, 0.1) is 18.7 Å². The Labute approximate surface area is 208 Å². The van der Waals surface area contributed by atoms with Crippen LogP contribution >= 0.6 is 11.5 Å². The van der Waals surface area contributed by atoms with E-state index < -0.39 is 22.8 Å². The van der Waals surface area contributed by atoms with Crippen molar-refractivity contribution in [3.63, 3.8) is 0 Å². The minimum atomic E-state index is -1.44. The lowest BCUT2D eigenvalue weighted by Gasteiger charge is -2.39. The maximum absolute atomic E-state index is 15.0. The second-order valence-electron chi connectivity index (χ2n) is 8.68. The number of carbonyl (C=O) groups excluding carboxylic acids is 1. The molecule has 0 bridgehead atoms. The summed E-state index contributed by atoms with van der Waals surface area (Å²) in [6.45, 7) is 5.36. The van der Waals surface area contributed by atoms with Gasteiger partial charge in [-0.1, -0.05) is 6.92 Å². The Hall–Kier alpha value is -4.00. The second kappa shape index (κ2) is 9.22. The average molecular weight is 512 g/mol. The van der Waals surface area contributed by atoms with Crippen molar-refractivity contribution in [2.45, 2.75) is 33.2 Å². The first-order valence-corrected chi connectivity index (χ1v) is 12.1. The molecule has 0 radical (unpaired) electrons. The van der Waals surface area contributed by atoms with Crippen molar-refractivity contribution in [3.8, 4) is 5.13 Å². The summed E-state index contributed by atoms with van der Waals surface area (Å²) in [6, 6.07) is 2.90. The fraction of sp³-hybridized carbons (Fsp3) is 0.348. The zero-order chi connectivity index (χ0) is 25.6. The van der Waals surface area contributed by atoms with E-state index in [0.717, 1.165) is 48.1 Å². The molecular weight excluding hydrogens is 489 g/mol. The predicted molar refractivity (Wildman–Crippen MR) is 129 cm³/mol. The Bertz CT molecular complexity index is 1540. The zero-order valence-electron chi connectivity index (χ0n) is 19.5. The van der Waals surface area contributed by atoms with Crippen molar-refractivity contribution < 1.29 is 19.1 Å². The van der Waals surface area contributed by atoms with E-state index in [4.69, 9.17) is 0 Å². The Morgan fingerprint density at radius 2 is 2.06 bits per heavy atom. The zero-order valence-corrected chi connectivity index (χ0v) is 20.3. The van der Waals surface area contributed by atoms with Crippen molar-refractivity contribution >= 4 is 40.1 Å². The summed E-state index contributed by atoms with van der Waals surface area (Å²) < 4.78 is 22.2. The SMILES string of the molecule is CCCn1nc(CC(=O)C2CN(c3nc4c(cc3F)c(=O)c(C(=O)O)cn4-c3ncns3)C2)cc1C. The molecule has 4 aromatic rings.